The third-order valence-electron chi connectivity index (χ3n) is 3.10. The zero-order chi connectivity index (χ0) is 19.2. The summed E-state index contributed by atoms with van der Waals surface area (Å²) in [6.07, 6.45) is 1.81. The zero-order valence-electron chi connectivity index (χ0n) is 14.6. The van der Waals surface area contributed by atoms with E-state index in [1.807, 2.05) is 0 Å². The topological polar surface area (TPSA) is 66.5 Å². The Morgan fingerprint density at radius 1 is 0.920 bits per heavy atom. The van der Waals surface area contributed by atoms with Crippen LogP contribution in [-0.2, 0) is 6.42 Å². The van der Waals surface area contributed by atoms with Crippen molar-refractivity contribution in [2.45, 2.75) is 26.7 Å². The second-order valence-corrected chi connectivity index (χ2v) is 8.27. The Kier molecular flexibility index (Phi) is 15.1. The van der Waals surface area contributed by atoms with Gasteiger partial charge >= 0.3 is 0 Å². The molecule has 140 valence electrons. The summed E-state index contributed by atoms with van der Waals surface area (Å²) in [6.45, 7) is 4.91. The number of benzene rings is 2. The normalized spacial score (nSPS) is 9.60. The molecule has 0 aliphatic rings. The maximum absolute atomic E-state index is 8.64. The van der Waals surface area contributed by atoms with E-state index in [0.717, 1.165) is 17.3 Å². The van der Waals surface area contributed by atoms with Crippen molar-refractivity contribution in [3.63, 3.8) is 0 Å². The van der Waals surface area contributed by atoms with Crippen molar-refractivity contribution in [1.82, 2.24) is 0 Å². The number of aryl methyl sites for hydroxylation is 3. The standard InChI is InChI=1S/C10H13BrO.C7H6BrI.C2H7NO/c1-8-7-9(3-2-6-12)4-5-10(8)11;1-5-4-6(9)2-3-7(5)8;3-1-2-4/h4-5,7,12H,2-3,6H2,1H3;2-4H,1H3;4H,1-3H2. The molecule has 0 aliphatic heterocycles. The average molecular weight is 587 g/mol. The SMILES string of the molecule is Cc1cc(CCCO)ccc1Br.Cc1cc(I)ccc1Br.NCCO. The first-order valence-electron chi connectivity index (χ1n) is 7.94. The van der Waals surface area contributed by atoms with E-state index >= 15 is 0 Å². The molecule has 6 heteroatoms. The smallest absolute Gasteiger partial charge is 0.0553 e. The first-order chi connectivity index (χ1) is 11.8. The fourth-order valence-corrected chi connectivity index (χ4v) is 2.89. The van der Waals surface area contributed by atoms with Crippen LogP contribution in [-0.4, -0.2) is 30.0 Å². The van der Waals surface area contributed by atoms with Crippen molar-refractivity contribution in [2.24, 2.45) is 5.73 Å². The van der Waals surface area contributed by atoms with E-state index in [2.05, 4.69) is 105 Å². The van der Waals surface area contributed by atoms with Crippen LogP contribution in [0.15, 0.2) is 45.3 Å². The highest BCUT2D eigenvalue weighted by Crippen LogP contribution is 2.18. The molecule has 0 radical (unpaired) electrons. The van der Waals surface area contributed by atoms with Crippen molar-refractivity contribution in [3.8, 4) is 0 Å². The van der Waals surface area contributed by atoms with E-state index in [9.17, 15) is 0 Å². The third kappa shape index (κ3) is 12.1. The Morgan fingerprint density at radius 3 is 1.84 bits per heavy atom. The Hall–Kier alpha value is 0.01000. The summed E-state index contributed by atoms with van der Waals surface area (Å²) < 4.78 is 3.62. The molecule has 3 nitrogen and oxygen atoms in total. The van der Waals surface area contributed by atoms with Gasteiger partial charge in [0.2, 0.25) is 0 Å². The van der Waals surface area contributed by atoms with Crippen molar-refractivity contribution in [1.29, 1.82) is 0 Å². The number of aliphatic hydroxyl groups is 2. The van der Waals surface area contributed by atoms with E-state index in [0.29, 0.717) is 6.54 Å². The summed E-state index contributed by atoms with van der Waals surface area (Å²) in [5, 5.41) is 16.4. The van der Waals surface area contributed by atoms with E-state index in [1.165, 1.54) is 24.7 Å². The number of rotatable bonds is 4. The molecule has 25 heavy (non-hydrogen) atoms. The minimum absolute atomic E-state index is 0.0972. The maximum atomic E-state index is 8.64. The van der Waals surface area contributed by atoms with E-state index in [-0.39, 0.29) is 13.2 Å². The van der Waals surface area contributed by atoms with Gasteiger partial charge in [0.1, 0.15) is 0 Å². The fourth-order valence-electron chi connectivity index (χ4n) is 1.75. The van der Waals surface area contributed by atoms with Crippen LogP contribution in [0.5, 0.6) is 0 Å². The van der Waals surface area contributed by atoms with Crippen LogP contribution in [0, 0.1) is 17.4 Å². The molecule has 0 heterocycles. The molecule has 2 aromatic carbocycles. The minimum Gasteiger partial charge on any atom is -0.396 e. The molecule has 0 atom stereocenters. The van der Waals surface area contributed by atoms with Crippen molar-refractivity contribution < 1.29 is 10.2 Å². The molecular weight excluding hydrogens is 561 g/mol. The first kappa shape index (κ1) is 25.0. The monoisotopic (exact) mass is 585 g/mol. The molecular formula is C19H26Br2INO2. The predicted molar refractivity (Wildman–Crippen MR) is 122 cm³/mol. The summed E-state index contributed by atoms with van der Waals surface area (Å²) in [6, 6.07) is 12.6. The molecule has 2 aromatic rings. The van der Waals surface area contributed by atoms with Gasteiger partial charge in [-0.3, -0.25) is 0 Å². The number of aliphatic hydroxyl groups excluding tert-OH is 2. The lowest BCUT2D eigenvalue weighted by atomic mass is 10.1. The largest absolute Gasteiger partial charge is 0.396 e. The molecule has 0 aromatic heterocycles. The Bertz CT molecular complexity index is 622. The molecule has 0 bridgehead atoms. The van der Waals surface area contributed by atoms with Gasteiger partial charge in [-0.15, -0.1) is 0 Å². The highest BCUT2D eigenvalue weighted by atomic mass is 127. The van der Waals surface area contributed by atoms with Gasteiger partial charge in [-0.1, -0.05) is 44.0 Å². The quantitative estimate of drug-likeness (QED) is 0.443. The zero-order valence-corrected chi connectivity index (χ0v) is 19.9. The molecule has 2 rings (SSSR count). The van der Waals surface area contributed by atoms with Crippen LogP contribution < -0.4 is 5.73 Å². The van der Waals surface area contributed by atoms with Crippen molar-refractivity contribution in [3.05, 3.63) is 65.6 Å². The van der Waals surface area contributed by atoms with Gasteiger partial charge in [0, 0.05) is 25.7 Å². The van der Waals surface area contributed by atoms with Gasteiger partial charge < -0.3 is 15.9 Å². The van der Waals surface area contributed by atoms with Gasteiger partial charge in [0.15, 0.2) is 0 Å². The molecule has 0 saturated heterocycles. The lowest BCUT2D eigenvalue weighted by Gasteiger charge is -2.02. The number of hydrogen-bond donors (Lipinski definition) is 3. The molecule has 0 unspecified atom stereocenters. The first-order valence-corrected chi connectivity index (χ1v) is 10.6. The van der Waals surface area contributed by atoms with Crippen LogP contribution in [0.1, 0.15) is 23.1 Å². The Balaban J connectivity index is 0.000000391. The van der Waals surface area contributed by atoms with Crippen LogP contribution in [0.2, 0.25) is 0 Å². The lowest BCUT2D eigenvalue weighted by molar-refractivity contribution is 0.288. The van der Waals surface area contributed by atoms with Gasteiger partial charge in [0.05, 0.1) is 6.61 Å². The molecule has 4 N–H and O–H groups in total. The van der Waals surface area contributed by atoms with Crippen LogP contribution in [0.25, 0.3) is 0 Å². The van der Waals surface area contributed by atoms with Gasteiger partial charge in [-0.25, -0.2) is 0 Å². The Morgan fingerprint density at radius 2 is 1.44 bits per heavy atom. The van der Waals surface area contributed by atoms with Gasteiger partial charge in [-0.2, -0.15) is 0 Å². The number of halogens is 3. The summed E-state index contributed by atoms with van der Waals surface area (Å²) in [5.41, 5.74) is 8.62. The molecule has 0 saturated carbocycles. The second-order valence-electron chi connectivity index (χ2n) is 5.32. The van der Waals surface area contributed by atoms with Crippen LogP contribution in [0.4, 0.5) is 0 Å². The van der Waals surface area contributed by atoms with E-state index < -0.39 is 0 Å². The van der Waals surface area contributed by atoms with E-state index in [4.69, 9.17) is 15.9 Å². The number of hydrogen-bond acceptors (Lipinski definition) is 3. The van der Waals surface area contributed by atoms with Crippen molar-refractivity contribution in [2.75, 3.05) is 19.8 Å². The van der Waals surface area contributed by atoms with Crippen LogP contribution >= 0.6 is 54.5 Å². The van der Waals surface area contributed by atoms with E-state index in [1.54, 1.807) is 0 Å². The maximum Gasteiger partial charge on any atom is 0.0553 e. The summed E-state index contributed by atoms with van der Waals surface area (Å²) in [4.78, 5) is 0. The third-order valence-corrected chi connectivity index (χ3v) is 5.55. The molecule has 0 aliphatic carbocycles. The highest BCUT2D eigenvalue weighted by Gasteiger charge is 1.96. The van der Waals surface area contributed by atoms with Gasteiger partial charge in [0.25, 0.3) is 0 Å². The van der Waals surface area contributed by atoms with Gasteiger partial charge in [-0.05, 0) is 90.2 Å². The van der Waals surface area contributed by atoms with Crippen molar-refractivity contribution >= 4 is 54.5 Å². The molecule has 0 fully saturated rings. The second kappa shape index (κ2) is 15.1. The summed E-state index contributed by atoms with van der Waals surface area (Å²) in [5.74, 6) is 0. The minimum atomic E-state index is 0.0972. The highest BCUT2D eigenvalue weighted by molar-refractivity contribution is 14.1. The molecule has 0 spiro atoms. The number of nitrogens with two attached hydrogens (primary N) is 1. The van der Waals surface area contributed by atoms with Crippen LogP contribution in [0.3, 0.4) is 0 Å². The summed E-state index contributed by atoms with van der Waals surface area (Å²) in [7, 11) is 0. The Labute approximate surface area is 181 Å². The fraction of sp³-hybridized carbons (Fsp3) is 0.368. The predicted octanol–water partition coefficient (Wildman–Crippen LogP) is 4.98. The average Bonchev–Trinajstić information content (AvgIpc) is 2.60. The lowest BCUT2D eigenvalue weighted by Crippen LogP contribution is -2.02. The summed E-state index contributed by atoms with van der Waals surface area (Å²) >= 11 is 9.18. The molecule has 0 amide bonds.